The largest absolute Gasteiger partial charge is 0.497 e. The van der Waals surface area contributed by atoms with E-state index in [1.165, 1.54) is 71.4 Å². The van der Waals surface area contributed by atoms with E-state index in [-0.39, 0.29) is 0 Å². The lowest BCUT2D eigenvalue weighted by atomic mass is 10.2. The summed E-state index contributed by atoms with van der Waals surface area (Å²) in [7, 11) is 0. The van der Waals surface area contributed by atoms with Gasteiger partial charge in [-0.2, -0.15) is 0 Å². The van der Waals surface area contributed by atoms with E-state index in [9.17, 15) is 60.7 Å². The first-order valence-corrected chi connectivity index (χ1v) is 14.1. The van der Waals surface area contributed by atoms with Gasteiger partial charge in [0.2, 0.25) is 0 Å². The number of nitro benzene ring substituents is 6. The van der Waals surface area contributed by atoms with Gasteiger partial charge in [0.05, 0.1) is 60.5 Å². The molecular formula is C25H34N8O14. The normalized spacial score (nSPS) is 12.6. The second kappa shape index (κ2) is 19.0. The molecule has 22 nitrogen and oxygen atoms in total. The molecule has 0 unspecified atom stereocenters. The van der Waals surface area contributed by atoms with Gasteiger partial charge in [0.25, 0.3) is 22.9 Å². The van der Waals surface area contributed by atoms with Crippen LogP contribution in [0.5, 0.6) is 11.5 Å². The smallest absolute Gasteiger partial charge is 0.324 e. The van der Waals surface area contributed by atoms with Gasteiger partial charge >= 0.3 is 22.7 Å². The minimum Gasteiger partial charge on any atom is -0.497 e. The number of aromatic hydroxyl groups is 2. The van der Waals surface area contributed by atoms with Crippen molar-refractivity contribution in [1.82, 2.24) is 9.80 Å². The highest BCUT2D eigenvalue weighted by Crippen LogP contribution is 2.40. The van der Waals surface area contributed by atoms with Crippen molar-refractivity contribution in [3.63, 3.8) is 0 Å². The maximum absolute atomic E-state index is 10.4. The van der Waals surface area contributed by atoms with Crippen molar-refractivity contribution in [2.45, 2.75) is 52.4 Å². The van der Waals surface area contributed by atoms with Crippen molar-refractivity contribution in [2.24, 2.45) is 0 Å². The maximum Gasteiger partial charge on any atom is 0.324 e. The van der Waals surface area contributed by atoms with Gasteiger partial charge in [-0.25, -0.2) is 0 Å². The highest BCUT2D eigenvalue weighted by atomic mass is 16.7. The van der Waals surface area contributed by atoms with Crippen molar-refractivity contribution in [3.8, 4) is 11.5 Å². The number of benzene rings is 2. The third-order valence-corrected chi connectivity index (χ3v) is 6.61. The van der Waals surface area contributed by atoms with Crippen molar-refractivity contribution in [2.75, 3.05) is 32.8 Å². The highest BCUT2D eigenvalue weighted by molar-refractivity contribution is 5.65. The van der Waals surface area contributed by atoms with E-state index in [1.807, 2.05) is 0 Å². The molecule has 258 valence electrons. The molecule has 47 heavy (non-hydrogen) atoms. The van der Waals surface area contributed by atoms with E-state index in [1.54, 1.807) is 0 Å². The first kappa shape index (κ1) is 39.4. The molecule has 1 aliphatic heterocycles. The average Bonchev–Trinajstić information content (AvgIpc) is 3.45. The molecule has 22 heteroatoms. The van der Waals surface area contributed by atoms with Crippen molar-refractivity contribution < 1.29 is 39.8 Å². The average molecular weight is 671 g/mol. The van der Waals surface area contributed by atoms with E-state index in [2.05, 4.69) is 23.6 Å². The summed E-state index contributed by atoms with van der Waals surface area (Å²) in [5.74, 6) is -2.42. The maximum atomic E-state index is 10.4. The molecule has 1 heterocycles. The third kappa shape index (κ3) is 12.3. The van der Waals surface area contributed by atoms with Crippen LogP contribution in [0.15, 0.2) is 24.3 Å². The Bertz CT molecular complexity index is 1290. The summed E-state index contributed by atoms with van der Waals surface area (Å²) in [4.78, 5) is 60.8. The Morgan fingerprint density at radius 2 is 0.809 bits per heavy atom. The number of rotatable bonds is 14. The molecule has 0 aliphatic carbocycles. The van der Waals surface area contributed by atoms with Crippen LogP contribution in [-0.4, -0.2) is 82.4 Å². The molecule has 0 atom stereocenters. The second-order valence-electron chi connectivity index (χ2n) is 10.00. The van der Waals surface area contributed by atoms with E-state index in [0.717, 1.165) is 0 Å². The van der Waals surface area contributed by atoms with Crippen LogP contribution in [0.4, 0.5) is 34.1 Å². The molecule has 0 bridgehead atoms. The third-order valence-electron chi connectivity index (χ3n) is 6.61. The lowest BCUT2D eigenvalue weighted by molar-refractivity contribution is -0.404. The van der Waals surface area contributed by atoms with Gasteiger partial charge in [-0.05, 0) is 25.9 Å². The van der Waals surface area contributed by atoms with E-state index in [0.29, 0.717) is 24.3 Å². The van der Waals surface area contributed by atoms with Crippen LogP contribution in [0.25, 0.3) is 0 Å². The fourth-order valence-corrected chi connectivity index (χ4v) is 4.19. The SMILES string of the molecule is CCCCCN1CCN(CCCCC)C1.O=[N+]([O-])c1cc([N+](=O)[O-])c(O)c([N+](=O)[O-])c1.O=[N+]([O-])c1cc([N+](=O)[O-])c(O)c([N+](=O)[O-])c1. The zero-order chi connectivity index (χ0) is 35.8. The van der Waals surface area contributed by atoms with Gasteiger partial charge in [-0.1, -0.05) is 39.5 Å². The number of nitro groups is 6. The van der Waals surface area contributed by atoms with E-state index >= 15 is 0 Å². The van der Waals surface area contributed by atoms with Gasteiger partial charge in [-0.3, -0.25) is 70.5 Å². The standard InChI is InChI=1S/C13H28N2.2C6H3N3O7/c1-3-5-7-9-14-11-12-15(13-14)10-8-6-4-2;2*10-6-4(8(13)14)1-3(7(11)12)2-5(6)9(15)16/h3-13H2,1-2H3;2*1-2,10H. The quantitative estimate of drug-likeness (QED) is 0.148. The summed E-state index contributed by atoms with van der Waals surface area (Å²) in [6.45, 7) is 11.0. The molecule has 0 radical (unpaired) electrons. The van der Waals surface area contributed by atoms with Crippen LogP contribution in [0.1, 0.15) is 52.4 Å². The number of nitrogens with zero attached hydrogens (tertiary/aromatic N) is 8. The Labute approximate surface area is 265 Å². The van der Waals surface area contributed by atoms with Gasteiger partial charge < -0.3 is 10.2 Å². The molecule has 3 rings (SSSR count). The van der Waals surface area contributed by atoms with Gasteiger partial charge in [0.1, 0.15) is 0 Å². The van der Waals surface area contributed by atoms with Crippen LogP contribution in [-0.2, 0) is 0 Å². The molecule has 2 aromatic carbocycles. The molecule has 2 N–H and O–H groups in total. The first-order chi connectivity index (χ1) is 22.0. The summed E-state index contributed by atoms with van der Waals surface area (Å²) in [6.07, 6.45) is 8.25. The molecule has 2 aromatic rings. The Balaban J connectivity index is 0.000000353. The minimum absolute atomic E-state index is 0.447. The molecule has 0 spiro atoms. The second-order valence-corrected chi connectivity index (χ2v) is 10.00. The van der Waals surface area contributed by atoms with Gasteiger partial charge in [0.15, 0.2) is 0 Å². The minimum atomic E-state index is -1.21. The number of phenols is 2. The molecular weight excluding hydrogens is 636 g/mol. The van der Waals surface area contributed by atoms with Crippen LogP contribution in [0.2, 0.25) is 0 Å². The van der Waals surface area contributed by atoms with Crippen LogP contribution in [0, 0.1) is 60.7 Å². The zero-order valence-corrected chi connectivity index (χ0v) is 25.5. The number of phenolic OH excluding ortho intramolecular Hbond substituents is 2. The summed E-state index contributed by atoms with van der Waals surface area (Å²) in [5, 5.41) is 80.4. The fraction of sp³-hybridized carbons (Fsp3) is 0.520. The summed E-state index contributed by atoms with van der Waals surface area (Å²) >= 11 is 0. The van der Waals surface area contributed by atoms with Crippen molar-refractivity contribution in [1.29, 1.82) is 0 Å². The fourth-order valence-electron chi connectivity index (χ4n) is 4.19. The molecule has 1 aliphatic rings. The Hall–Kier alpha value is -5.64. The van der Waals surface area contributed by atoms with Gasteiger partial charge in [0, 0.05) is 13.1 Å². The van der Waals surface area contributed by atoms with Crippen molar-refractivity contribution >= 4 is 34.1 Å². The molecule has 1 fully saturated rings. The lowest BCUT2D eigenvalue weighted by Gasteiger charge is -2.17. The van der Waals surface area contributed by atoms with Gasteiger partial charge in [-0.15, -0.1) is 0 Å². The summed E-state index contributed by atoms with van der Waals surface area (Å²) < 4.78 is 0. The Morgan fingerprint density at radius 1 is 0.532 bits per heavy atom. The Kier molecular flexibility index (Phi) is 15.9. The van der Waals surface area contributed by atoms with E-state index < -0.39 is 75.2 Å². The number of unbranched alkanes of at least 4 members (excludes halogenated alkanes) is 4. The number of hydrogen-bond donors (Lipinski definition) is 2. The van der Waals surface area contributed by atoms with Crippen LogP contribution < -0.4 is 0 Å². The monoisotopic (exact) mass is 670 g/mol. The molecule has 0 amide bonds. The zero-order valence-electron chi connectivity index (χ0n) is 25.5. The van der Waals surface area contributed by atoms with Crippen molar-refractivity contribution in [3.05, 3.63) is 85.0 Å². The predicted molar refractivity (Wildman–Crippen MR) is 163 cm³/mol. The number of hydrogen-bond acceptors (Lipinski definition) is 16. The molecule has 0 aromatic heterocycles. The highest BCUT2D eigenvalue weighted by Gasteiger charge is 2.31. The lowest BCUT2D eigenvalue weighted by Crippen LogP contribution is -2.27. The Morgan fingerprint density at radius 3 is 1.02 bits per heavy atom. The van der Waals surface area contributed by atoms with Crippen LogP contribution in [0.3, 0.4) is 0 Å². The number of non-ortho nitro benzene ring substituents is 2. The van der Waals surface area contributed by atoms with E-state index in [4.69, 9.17) is 10.2 Å². The first-order valence-electron chi connectivity index (χ1n) is 14.1. The molecule has 1 saturated heterocycles. The van der Waals surface area contributed by atoms with Crippen LogP contribution >= 0.6 is 0 Å². The summed E-state index contributed by atoms with van der Waals surface area (Å²) in [5.41, 5.74) is -6.00. The molecule has 0 saturated carbocycles. The summed E-state index contributed by atoms with van der Waals surface area (Å²) in [6, 6.07) is 1.79. The predicted octanol–water partition coefficient (Wildman–Crippen LogP) is 5.18. The topological polar surface area (TPSA) is 306 Å².